The van der Waals surface area contributed by atoms with Crippen molar-refractivity contribution in [2.24, 2.45) is 5.92 Å². The molecule has 0 atom stereocenters. The Hall–Kier alpha value is -2.46. The number of hydrogen-bond acceptors (Lipinski definition) is 7. The fourth-order valence-electron chi connectivity index (χ4n) is 4.95. The average Bonchev–Trinajstić information content (AvgIpc) is 3.49. The number of aryl methyl sites for hydroxylation is 2. The van der Waals surface area contributed by atoms with E-state index < -0.39 is 0 Å². The van der Waals surface area contributed by atoms with Gasteiger partial charge in [-0.05, 0) is 61.3 Å². The van der Waals surface area contributed by atoms with Crippen LogP contribution in [0.1, 0.15) is 49.4 Å². The topological polar surface area (TPSA) is 80.6 Å². The molecule has 6 rings (SSSR count). The summed E-state index contributed by atoms with van der Waals surface area (Å²) in [5.41, 5.74) is 2.91. The molecule has 0 spiro atoms. The molecule has 4 heterocycles. The van der Waals surface area contributed by atoms with Gasteiger partial charge in [-0.25, -0.2) is 9.97 Å². The summed E-state index contributed by atoms with van der Waals surface area (Å²) in [6, 6.07) is 7.46. The molecule has 0 aliphatic heterocycles. The molecule has 10 heteroatoms. The minimum Gasteiger partial charge on any atom is -0.309 e. The summed E-state index contributed by atoms with van der Waals surface area (Å²) in [5.74, 6) is 1.47. The molecular formula is C28H27ClN4O2S3. The molecule has 0 radical (unpaired) electrons. The third-order valence-corrected chi connectivity index (χ3v) is 10.3. The number of hydrogen-bond donors (Lipinski definition) is 1. The van der Waals surface area contributed by atoms with Gasteiger partial charge in [-0.15, -0.1) is 22.7 Å². The fraction of sp³-hybridized carbons (Fsp3) is 0.357. The van der Waals surface area contributed by atoms with Crippen LogP contribution < -0.4 is 11.1 Å². The number of thiophene rings is 2. The van der Waals surface area contributed by atoms with Crippen molar-refractivity contribution >= 4 is 66.5 Å². The highest BCUT2D eigenvalue weighted by Crippen LogP contribution is 2.36. The number of nitrogens with one attached hydrogen (secondary N) is 1. The molecule has 0 unspecified atom stereocenters. The van der Waals surface area contributed by atoms with E-state index in [0.29, 0.717) is 44.4 Å². The number of aromatic amines is 1. The van der Waals surface area contributed by atoms with Crippen LogP contribution in [0.5, 0.6) is 0 Å². The van der Waals surface area contributed by atoms with Crippen LogP contribution in [0.2, 0.25) is 5.02 Å². The van der Waals surface area contributed by atoms with Crippen LogP contribution in [0.15, 0.2) is 44.4 Å². The Kier molecular flexibility index (Phi) is 7.20. The SMILES string of the molecule is CC(C)CCn1c(SCc2nc3scc(-c4ccc(Cl)cc4)c3c(=O)[nH]2)nc2sc3c(c2c1=O)CCCC3. The number of fused-ring (bicyclic) bond motifs is 4. The number of rotatable bonds is 7. The largest absolute Gasteiger partial charge is 0.309 e. The van der Waals surface area contributed by atoms with Crippen molar-refractivity contribution in [2.45, 2.75) is 63.4 Å². The van der Waals surface area contributed by atoms with Crippen LogP contribution in [-0.4, -0.2) is 19.5 Å². The first-order chi connectivity index (χ1) is 18.4. The fourth-order valence-corrected chi connectivity index (χ4v) is 8.24. The van der Waals surface area contributed by atoms with E-state index in [9.17, 15) is 9.59 Å². The lowest BCUT2D eigenvalue weighted by Gasteiger charge is -2.14. The lowest BCUT2D eigenvalue weighted by molar-refractivity contribution is 0.481. The van der Waals surface area contributed by atoms with Gasteiger partial charge in [-0.1, -0.05) is 49.3 Å². The van der Waals surface area contributed by atoms with Crippen LogP contribution in [0.3, 0.4) is 0 Å². The normalized spacial score (nSPS) is 13.6. The third kappa shape index (κ3) is 4.85. The van der Waals surface area contributed by atoms with Gasteiger partial charge in [0.05, 0.1) is 16.5 Å². The molecule has 6 nitrogen and oxygen atoms in total. The third-order valence-electron chi connectivity index (χ3n) is 6.96. The summed E-state index contributed by atoms with van der Waals surface area (Å²) in [6.45, 7) is 4.96. The molecule has 1 N–H and O–H groups in total. The number of H-pyrrole nitrogens is 1. The Bertz CT molecular complexity index is 1770. The highest BCUT2D eigenvalue weighted by atomic mass is 35.5. The van der Waals surface area contributed by atoms with Crippen molar-refractivity contribution in [2.75, 3.05) is 0 Å². The predicted octanol–water partition coefficient (Wildman–Crippen LogP) is 7.29. The van der Waals surface area contributed by atoms with E-state index in [2.05, 4.69) is 18.8 Å². The van der Waals surface area contributed by atoms with Crippen LogP contribution in [0, 0.1) is 5.92 Å². The average molecular weight is 583 g/mol. The van der Waals surface area contributed by atoms with Crippen molar-refractivity contribution in [3.63, 3.8) is 0 Å². The maximum Gasteiger partial charge on any atom is 0.263 e. The zero-order valence-electron chi connectivity index (χ0n) is 21.2. The number of nitrogens with zero attached hydrogens (tertiary/aromatic N) is 3. The Morgan fingerprint density at radius 3 is 2.66 bits per heavy atom. The highest BCUT2D eigenvalue weighted by Gasteiger charge is 2.23. The van der Waals surface area contributed by atoms with Gasteiger partial charge in [-0.3, -0.25) is 14.2 Å². The van der Waals surface area contributed by atoms with Gasteiger partial charge in [0, 0.05) is 27.4 Å². The van der Waals surface area contributed by atoms with Crippen molar-refractivity contribution in [3.05, 3.63) is 71.6 Å². The van der Waals surface area contributed by atoms with Gasteiger partial charge in [0.25, 0.3) is 11.1 Å². The van der Waals surface area contributed by atoms with Gasteiger partial charge < -0.3 is 4.98 Å². The summed E-state index contributed by atoms with van der Waals surface area (Å²) in [5, 5.41) is 4.71. The zero-order chi connectivity index (χ0) is 26.4. The maximum absolute atomic E-state index is 13.7. The quantitative estimate of drug-likeness (QED) is 0.161. The molecular weight excluding hydrogens is 556 g/mol. The van der Waals surface area contributed by atoms with E-state index in [1.165, 1.54) is 40.0 Å². The maximum atomic E-state index is 13.7. The van der Waals surface area contributed by atoms with Gasteiger partial charge >= 0.3 is 0 Å². The molecule has 4 aromatic heterocycles. The van der Waals surface area contributed by atoms with Crippen LogP contribution in [0.4, 0.5) is 0 Å². The summed E-state index contributed by atoms with van der Waals surface area (Å²) >= 11 is 10.6. The zero-order valence-corrected chi connectivity index (χ0v) is 24.4. The van der Waals surface area contributed by atoms with E-state index in [4.69, 9.17) is 21.6 Å². The molecule has 38 heavy (non-hydrogen) atoms. The number of halogens is 1. The summed E-state index contributed by atoms with van der Waals surface area (Å²) in [7, 11) is 0. The standard InChI is InChI=1S/C28H27ClN4O2S3/c1-15(2)11-12-33-27(35)23-18-5-3-4-6-20(18)38-26(23)32-28(33)37-14-21-30-24(34)22-19(13-36-25(22)31-21)16-7-9-17(29)10-8-16/h7-10,13,15H,3-6,11-12,14H2,1-2H3,(H,30,31,34). The number of benzene rings is 1. The first kappa shape index (κ1) is 25.8. The van der Waals surface area contributed by atoms with Crippen LogP contribution >= 0.6 is 46.0 Å². The summed E-state index contributed by atoms with van der Waals surface area (Å²) < 4.78 is 1.84. The minimum atomic E-state index is -0.164. The van der Waals surface area contributed by atoms with Crippen molar-refractivity contribution in [1.29, 1.82) is 0 Å². The summed E-state index contributed by atoms with van der Waals surface area (Å²) in [4.78, 5) is 42.4. The number of thioether (sulfide) groups is 1. The molecule has 0 bridgehead atoms. The van der Waals surface area contributed by atoms with Crippen molar-refractivity contribution in [1.82, 2.24) is 19.5 Å². The Balaban J connectivity index is 1.34. The van der Waals surface area contributed by atoms with Crippen molar-refractivity contribution in [3.8, 4) is 11.1 Å². The Morgan fingerprint density at radius 2 is 1.87 bits per heavy atom. The van der Waals surface area contributed by atoms with Crippen molar-refractivity contribution < 1.29 is 0 Å². The van der Waals surface area contributed by atoms with Crippen LogP contribution in [0.25, 0.3) is 31.6 Å². The molecule has 1 aliphatic rings. The molecule has 0 fully saturated rings. The number of aromatic nitrogens is 4. The monoisotopic (exact) mass is 582 g/mol. The summed E-state index contributed by atoms with van der Waals surface area (Å²) in [6.07, 6.45) is 5.20. The lowest BCUT2D eigenvalue weighted by atomic mass is 9.97. The first-order valence-corrected chi connectivity index (χ1v) is 15.9. The van der Waals surface area contributed by atoms with E-state index >= 15 is 0 Å². The van der Waals surface area contributed by atoms with E-state index in [0.717, 1.165) is 47.0 Å². The van der Waals surface area contributed by atoms with Gasteiger partial charge in [0.2, 0.25) is 0 Å². The van der Waals surface area contributed by atoms with Gasteiger partial charge in [0.15, 0.2) is 5.16 Å². The Labute approximate surface area is 237 Å². The molecule has 1 aromatic carbocycles. The highest BCUT2D eigenvalue weighted by molar-refractivity contribution is 7.98. The molecule has 196 valence electrons. The molecule has 5 aromatic rings. The molecule has 0 saturated carbocycles. The smallest absolute Gasteiger partial charge is 0.263 e. The second-order valence-electron chi connectivity index (χ2n) is 10.1. The first-order valence-electron chi connectivity index (χ1n) is 12.8. The van der Waals surface area contributed by atoms with Crippen LogP contribution in [-0.2, 0) is 25.1 Å². The second-order valence-corrected chi connectivity index (χ2v) is 13.4. The van der Waals surface area contributed by atoms with E-state index in [1.807, 2.05) is 34.2 Å². The Morgan fingerprint density at radius 1 is 1.08 bits per heavy atom. The molecule has 0 amide bonds. The van der Waals surface area contributed by atoms with Gasteiger partial charge in [0.1, 0.15) is 15.5 Å². The second kappa shape index (κ2) is 10.6. The van der Waals surface area contributed by atoms with E-state index in [-0.39, 0.29) is 11.1 Å². The molecule has 1 aliphatic carbocycles. The van der Waals surface area contributed by atoms with Gasteiger partial charge in [-0.2, -0.15) is 0 Å². The predicted molar refractivity (Wildman–Crippen MR) is 160 cm³/mol. The molecule has 0 saturated heterocycles. The van der Waals surface area contributed by atoms with E-state index in [1.54, 1.807) is 11.3 Å². The minimum absolute atomic E-state index is 0.0697. The lowest BCUT2D eigenvalue weighted by Crippen LogP contribution is -2.24.